The third-order valence-corrected chi connectivity index (χ3v) is 2.12. The maximum absolute atomic E-state index is 11.9. The maximum atomic E-state index is 11.9. The summed E-state index contributed by atoms with van der Waals surface area (Å²) in [7, 11) is 1.61. The van der Waals surface area contributed by atoms with Crippen LogP contribution in [0.2, 0.25) is 0 Å². The zero-order chi connectivity index (χ0) is 12.3. The van der Waals surface area contributed by atoms with Gasteiger partial charge in [0.1, 0.15) is 0 Å². The summed E-state index contributed by atoms with van der Waals surface area (Å²) in [4.78, 5) is 0. The van der Waals surface area contributed by atoms with E-state index in [0.29, 0.717) is 17.1 Å². The predicted molar refractivity (Wildman–Crippen MR) is 52.0 cm³/mol. The number of nitrogens with zero attached hydrogens (tertiary/aromatic N) is 2. The van der Waals surface area contributed by atoms with Crippen LogP contribution in [0, 0.1) is 6.92 Å². The molecule has 0 radical (unpaired) electrons. The second-order valence-corrected chi connectivity index (χ2v) is 3.41. The molecule has 1 heterocycles. The fraction of sp³-hybridized carbons (Fsp3) is 0.667. The summed E-state index contributed by atoms with van der Waals surface area (Å²) in [5.41, 5.74) is 6.78. The lowest BCUT2D eigenvalue weighted by atomic mass is 10.2. The Hall–Kier alpha value is -1.24. The number of hydrogen-bond donors (Lipinski definition) is 1. The summed E-state index contributed by atoms with van der Waals surface area (Å²) in [6, 6.07) is 0. The SMILES string of the molecule is Cc1nn(C)c(OCCC(F)(F)F)c1CN. The average molecular weight is 237 g/mol. The van der Waals surface area contributed by atoms with Crippen LogP contribution in [0.3, 0.4) is 0 Å². The predicted octanol–water partition coefficient (Wildman–Crippen LogP) is 1.52. The monoisotopic (exact) mass is 237 g/mol. The van der Waals surface area contributed by atoms with E-state index >= 15 is 0 Å². The molecule has 1 rings (SSSR count). The van der Waals surface area contributed by atoms with Crippen molar-refractivity contribution in [3.63, 3.8) is 0 Å². The zero-order valence-electron chi connectivity index (χ0n) is 9.14. The van der Waals surface area contributed by atoms with Gasteiger partial charge in [-0.3, -0.25) is 0 Å². The van der Waals surface area contributed by atoms with Crippen LogP contribution in [0.1, 0.15) is 17.7 Å². The maximum Gasteiger partial charge on any atom is 0.392 e. The molecule has 92 valence electrons. The summed E-state index contributed by atoms with van der Waals surface area (Å²) in [5.74, 6) is 0.309. The van der Waals surface area contributed by atoms with E-state index in [-0.39, 0.29) is 6.54 Å². The number of aromatic nitrogens is 2. The summed E-state index contributed by atoms with van der Waals surface area (Å²) in [6.45, 7) is 1.51. The fourth-order valence-corrected chi connectivity index (χ4v) is 1.36. The molecule has 0 aliphatic rings. The highest BCUT2D eigenvalue weighted by atomic mass is 19.4. The molecule has 0 aromatic carbocycles. The van der Waals surface area contributed by atoms with Crippen LogP contribution in [0.15, 0.2) is 0 Å². The summed E-state index contributed by atoms with van der Waals surface area (Å²) < 4.78 is 42.2. The van der Waals surface area contributed by atoms with Crippen molar-refractivity contribution in [2.24, 2.45) is 12.8 Å². The molecule has 16 heavy (non-hydrogen) atoms. The highest BCUT2D eigenvalue weighted by molar-refractivity contribution is 5.30. The standard InChI is InChI=1S/C9H14F3N3O/c1-6-7(5-13)8(15(2)14-6)16-4-3-9(10,11)12/h3-5,13H2,1-2H3. The van der Waals surface area contributed by atoms with Crippen molar-refractivity contribution in [3.8, 4) is 5.88 Å². The average Bonchev–Trinajstić information content (AvgIpc) is 2.39. The summed E-state index contributed by atoms with van der Waals surface area (Å²) in [5, 5.41) is 4.03. The first-order valence-electron chi connectivity index (χ1n) is 4.77. The largest absolute Gasteiger partial charge is 0.477 e. The molecule has 4 nitrogen and oxygen atoms in total. The highest BCUT2D eigenvalue weighted by Gasteiger charge is 2.27. The number of hydrogen-bond acceptors (Lipinski definition) is 3. The van der Waals surface area contributed by atoms with E-state index in [0.717, 1.165) is 0 Å². The Morgan fingerprint density at radius 3 is 2.56 bits per heavy atom. The van der Waals surface area contributed by atoms with Gasteiger partial charge < -0.3 is 10.5 Å². The van der Waals surface area contributed by atoms with Crippen LogP contribution in [-0.4, -0.2) is 22.6 Å². The van der Waals surface area contributed by atoms with Gasteiger partial charge >= 0.3 is 6.18 Å². The van der Waals surface area contributed by atoms with Crippen LogP contribution >= 0.6 is 0 Å². The second kappa shape index (κ2) is 4.73. The first-order chi connectivity index (χ1) is 7.35. The quantitative estimate of drug-likeness (QED) is 0.863. The molecule has 1 aromatic rings. The first kappa shape index (κ1) is 12.8. The lowest BCUT2D eigenvalue weighted by Crippen LogP contribution is -2.15. The number of aryl methyl sites for hydroxylation is 2. The Kier molecular flexibility index (Phi) is 3.79. The molecule has 0 saturated carbocycles. The van der Waals surface area contributed by atoms with Crippen LogP contribution in [0.25, 0.3) is 0 Å². The first-order valence-corrected chi connectivity index (χ1v) is 4.77. The van der Waals surface area contributed by atoms with Crippen molar-refractivity contribution < 1.29 is 17.9 Å². The molecule has 0 aliphatic carbocycles. The molecule has 7 heteroatoms. The molecule has 2 N–H and O–H groups in total. The Bertz CT molecular complexity index is 360. The van der Waals surface area contributed by atoms with Crippen molar-refractivity contribution in [2.75, 3.05) is 6.61 Å². The summed E-state index contributed by atoms with van der Waals surface area (Å²) >= 11 is 0. The topological polar surface area (TPSA) is 53.1 Å². The van der Waals surface area contributed by atoms with Gasteiger partial charge in [0.2, 0.25) is 5.88 Å². The van der Waals surface area contributed by atoms with Crippen LogP contribution < -0.4 is 10.5 Å². The van der Waals surface area contributed by atoms with Gasteiger partial charge in [-0.1, -0.05) is 0 Å². The molecule has 0 unspecified atom stereocenters. The third-order valence-electron chi connectivity index (χ3n) is 2.12. The highest BCUT2D eigenvalue weighted by Crippen LogP contribution is 2.23. The molecular formula is C9H14F3N3O. The number of ether oxygens (including phenoxy) is 1. The van der Waals surface area contributed by atoms with E-state index in [9.17, 15) is 13.2 Å². The van der Waals surface area contributed by atoms with Gasteiger partial charge in [0, 0.05) is 13.6 Å². The second-order valence-electron chi connectivity index (χ2n) is 3.41. The Morgan fingerprint density at radius 1 is 1.44 bits per heavy atom. The van der Waals surface area contributed by atoms with E-state index in [1.165, 1.54) is 4.68 Å². The van der Waals surface area contributed by atoms with Gasteiger partial charge in [0.25, 0.3) is 0 Å². The van der Waals surface area contributed by atoms with Gasteiger partial charge in [-0.05, 0) is 6.92 Å². The number of alkyl halides is 3. The van der Waals surface area contributed by atoms with Crippen LogP contribution in [0.4, 0.5) is 13.2 Å². The minimum atomic E-state index is -4.21. The lowest BCUT2D eigenvalue weighted by Gasteiger charge is -2.09. The van der Waals surface area contributed by atoms with Crippen molar-refractivity contribution in [2.45, 2.75) is 26.1 Å². The van der Waals surface area contributed by atoms with Crippen LogP contribution in [-0.2, 0) is 13.6 Å². The van der Waals surface area contributed by atoms with E-state index in [4.69, 9.17) is 10.5 Å². The van der Waals surface area contributed by atoms with Crippen molar-refractivity contribution in [1.29, 1.82) is 0 Å². The van der Waals surface area contributed by atoms with E-state index in [1.54, 1.807) is 14.0 Å². The summed E-state index contributed by atoms with van der Waals surface area (Å²) in [6.07, 6.45) is -5.20. The minimum Gasteiger partial charge on any atom is -0.477 e. The lowest BCUT2D eigenvalue weighted by molar-refractivity contribution is -0.139. The molecule has 0 atom stereocenters. The molecular weight excluding hydrogens is 223 g/mol. The Morgan fingerprint density at radius 2 is 2.06 bits per heavy atom. The van der Waals surface area contributed by atoms with Gasteiger partial charge in [-0.15, -0.1) is 0 Å². The normalized spacial score (nSPS) is 11.9. The van der Waals surface area contributed by atoms with E-state index in [1.807, 2.05) is 0 Å². The molecule has 0 fully saturated rings. The molecule has 0 saturated heterocycles. The number of rotatable bonds is 4. The zero-order valence-corrected chi connectivity index (χ0v) is 9.14. The number of halogens is 3. The van der Waals surface area contributed by atoms with Crippen molar-refractivity contribution >= 4 is 0 Å². The Labute approximate surface area is 91.2 Å². The molecule has 0 bridgehead atoms. The fourth-order valence-electron chi connectivity index (χ4n) is 1.36. The van der Waals surface area contributed by atoms with E-state index in [2.05, 4.69) is 5.10 Å². The Balaban J connectivity index is 2.66. The molecule has 0 amide bonds. The minimum absolute atomic E-state index is 0.195. The van der Waals surface area contributed by atoms with Gasteiger partial charge in [0.15, 0.2) is 0 Å². The van der Waals surface area contributed by atoms with Crippen molar-refractivity contribution in [1.82, 2.24) is 9.78 Å². The third kappa shape index (κ3) is 3.13. The smallest absolute Gasteiger partial charge is 0.392 e. The van der Waals surface area contributed by atoms with Gasteiger partial charge in [-0.2, -0.15) is 18.3 Å². The van der Waals surface area contributed by atoms with E-state index < -0.39 is 19.2 Å². The molecule has 0 spiro atoms. The van der Waals surface area contributed by atoms with Gasteiger partial charge in [0.05, 0.1) is 24.3 Å². The van der Waals surface area contributed by atoms with Gasteiger partial charge in [-0.25, -0.2) is 4.68 Å². The van der Waals surface area contributed by atoms with Crippen molar-refractivity contribution in [3.05, 3.63) is 11.3 Å². The number of nitrogens with two attached hydrogens (primary N) is 1. The molecule has 0 aliphatic heterocycles. The molecule has 1 aromatic heterocycles. The van der Waals surface area contributed by atoms with Crippen LogP contribution in [0.5, 0.6) is 5.88 Å².